The predicted octanol–water partition coefficient (Wildman–Crippen LogP) is 5.40. The zero-order valence-corrected chi connectivity index (χ0v) is 17.5. The molecule has 4 rings (SSSR count). The second-order valence-electron chi connectivity index (χ2n) is 6.70. The third kappa shape index (κ3) is 4.02. The van der Waals surface area contributed by atoms with E-state index in [1.165, 1.54) is 10.4 Å². The van der Waals surface area contributed by atoms with Crippen molar-refractivity contribution < 1.29 is 5.11 Å². The van der Waals surface area contributed by atoms with Crippen LogP contribution >= 0.6 is 27.3 Å². The molecule has 6 heteroatoms. The molecule has 1 N–H and O–H groups in total. The molecular formula is C22H18BrN3OS. The van der Waals surface area contributed by atoms with Gasteiger partial charge in [0.1, 0.15) is 16.8 Å². The van der Waals surface area contributed by atoms with Crippen molar-refractivity contribution in [1.82, 2.24) is 4.90 Å². The maximum absolute atomic E-state index is 10.00. The first-order valence-electron chi connectivity index (χ1n) is 8.97. The number of phenols is 1. The molecular weight excluding hydrogens is 434 g/mol. The van der Waals surface area contributed by atoms with Crippen LogP contribution in [0.5, 0.6) is 5.75 Å². The van der Waals surface area contributed by atoms with E-state index in [0.717, 1.165) is 36.1 Å². The van der Waals surface area contributed by atoms with Gasteiger partial charge in [0, 0.05) is 40.8 Å². The van der Waals surface area contributed by atoms with Crippen LogP contribution in [0.2, 0.25) is 0 Å². The van der Waals surface area contributed by atoms with Gasteiger partial charge in [-0.1, -0.05) is 46.3 Å². The minimum atomic E-state index is 0.167. The molecule has 0 amide bonds. The highest BCUT2D eigenvalue weighted by Gasteiger charge is 2.24. The Hall–Kier alpha value is -2.46. The third-order valence-electron chi connectivity index (χ3n) is 4.79. The van der Waals surface area contributed by atoms with E-state index in [1.54, 1.807) is 35.8 Å². The number of aliphatic imine (C=N–C) groups is 1. The summed E-state index contributed by atoms with van der Waals surface area (Å²) in [5, 5.41) is 20.4. The fraction of sp³-hybridized carbons (Fsp3) is 0.182. The van der Waals surface area contributed by atoms with Gasteiger partial charge in [-0.3, -0.25) is 4.90 Å². The van der Waals surface area contributed by atoms with E-state index < -0.39 is 0 Å². The lowest BCUT2D eigenvalue weighted by Crippen LogP contribution is -2.29. The molecule has 1 aliphatic heterocycles. The van der Waals surface area contributed by atoms with Crippen molar-refractivity contribution in [1.29, 1.82) is 5.26 Å². The molecule has 0 fully saturated rings. The number of rotatable bonds is 4. The van der Waals surface area contributed by atoms with Crippen LogP contribution in [0.1, 0.15) is 27.1 Å². The number of fused-ring (bicyclic) bond motifs is 1. The number of hydrogen-bond donors (Lipinski definition) is 1. The molecule has 2 aromatic carbocycles. The highest BCUT2D eigenvalue weighted by atomic mass is 79.9. The number of hydrogen-bond acceptors (Lipinski definition) is 5. The Morgan fingerprint density at radius 2 is 2.07 bits per heavy atom. The van der Waals surface area contributed by atoms with Crippen molar-refractivity contribution in [2.45, 2.75) is 19.5 Å². The highest BCUT2D eigenvalue weighted by Crippen LogP contribution is 2.39. The van der Waals surface area contributed by atoms with Gasteiger partial charge in [0.2, 0.25) is 0 Å². The molecule has 0 aliphatic carbocycles. The monoisotopic (exact) mass is 451 g/mol. The van der Waals surface area contributed by atoms with Crippen molar-refractivity contribution in [3.8, 4) is 11.8 Å². The number of halogens is 1. The molecule has 0 saturated carbocycles. The van der Waals surface area contributed by atoms with E-state index in [0.29, 0.717) is 16.1 Å². The molecule has 1 aliphatic rings. The summed E-state index contributed by atoms with van der Waals surface area (Å²) < 4.78 is 0.870. The van der Waals surface area contributed by atoms with Crippen LogP contribution in [0.3, 0.4) is 0 Å². The molecule has 0 unspecified atom stereocenters. The lowest BCUT2D eigenvalue weighted by Gasteiger charge is -2.26. The van der Waals surface area contributed by atoms with E-state index in [1.807, 2.05) is 6.07 Å². The minimum Gasteiger partial charge on any atom is -0.507 e. The van der Waals surface area contributed by atoms with Crippen LogP contribution < -0.4 is 0 Å². The zero-order chi connectivity index (χ0) is 19.5. The van der Waals surface area contributed by atoms with Crippen LogP contribution in [-0.4, -0.2) is 22.8 Å². The largest absolute Gasteiger partial charge is 0.507 e. The Labute approximate surface area is 176 Å². The van der Waals surface area contributed by atoms with E-state index in [2.05, 4.69) is 56.2 Å². The summed E-state index contributed by atoms with van der Waals surface area (Å²) in [4.78, 5) is 8.15. The van der Waals surface area contributed by atoms with E-state index in [4.69, 9.17) is 0 Å². The Kier molecular flexibility index (Phi) is 5.58. The van der Waals surface area contributed by atoms with E-state index in [9.17, 15) is 10.4 Å². The second kappa shape index (κ2) is 8.27. The molecule has 3 aromatic rings. The van der Waals surface area contributed by atoms with Gasteiger partial charge in [0.15, 0.2) is 0 Å². The van der Waals surface area contributed by atoms with Gasteiger partial charge >= 0.3 is 0 Å². The van der Waals surface area contributed by atoms with Crippen molar-refractivity contribution in [3.63, 3.8) is 0 Å². The van der Waals surface area contributed by atoms with Gasteiger partial charge in [-0.25, -0.2) is 4.99 Å². The molecule has 0 saturated heterocycles. The summed E-state index contributed by atoms with van der Waals surface area (Å²) in [5.41, 5.74) is 3.72. The summed E-state index contributed by atoms with van der Waals surface area (Å²) in [6.45, 7) is 2.68. The zero-order valence-electron chi connectivity index (χ0n) is 15.1. The average molecular weight is 452 g/mol. The summed E-state index contributed by atoms with van der Waals surface area (Å²) in [6.07, 6.45) is 2.49. The van der Waals surface area contributed by atoms with Gasteiger partial charge in [-0.2, -0.15) is 5.26 Å². The number of benzene rings is 2. The second-order valence-corrected chi connectivity index (χ2v) is 8.70. The summed E-state index contributed by atoms with van der Waals surface area (Å²) in [5.74, 6) is 0.167. The first-order valence-corrected chi connectivity index (χ1v) is 10.6. The maximum Gasteiger partial charge on any atom is 0.134 e. The molecule has 2 heterocycles. The Morgan fingerprint density at radius 1 is 1.25 bits per heavy atom. The lowest BCUT2D eigenvalue weighted by molar-refractivity contribution is 0.249. The van der Waals surface area contributed by atoms with Gasteiger partial charge < -0.3 is 5.11 Å². The van der Waals surface area contributed by atoms with Crippen LogP contribution in [0, 0.1) is 11.3 Å². The van der Waals surface area contributed by atoms with Crippen LogP contribution in [0.15, 0.2) is 58.0 Å². The fourth-order valence-electron chi connectivity index (χ4n) is 3.38. The normalized spacial score (nSPS) is 14.1. The van der Waals surface area contributed by atoms with Gasteiger partial charge in [0.05, 0.1) is 5.56 Å². The van der Waals surface area contributed by atoms with Crippen LogP contribution in [0.25, 0.3) is 0 Å². The van der Waals surface area contributed by atoms with Gasteiger partial charge in [0.25, 0.3) is 0 Å². The first-order chi connectivity index (χ1) is 13.6. The Bertz CT molecular complexity index is 1070. The average Bonchev–Trinajstić information content (AvgIpc) is 3.06. The van der Waals surface area contributed by atoms with Crippen LogP contribution in [-0.2, 0) is 19.5 Å². The number of nitriles is 1. The molecule has 0 radical (unpaired) electrons. The van der Waals surface area contributed by atoms with Crippen molar-refractivity contribution in [2.24, 2.45) is 4.99 Å². The maximum atomic E-state index is 10.00. The highest BCUT2D eigenvalue weighted by molar-refractivity contribution is 9.10. The molecule has 0 spiro atoms. The lowest BCUT2D eigenvalue weighted by atomic mass is 10.0. The summed E-state index contributed by atoms with van der Waals surface area (Å²) in [7, 11) is 0. The number of nitrogens with zero attached hydrogens (tertiary/aromatic N) is 3. The fourth-order valence-corrected chi connectivity index (χ4v) is 4.94. The number of phenolic OH excluding ortho intramolecular Hbond substituents is 1. The molecule has 4 nitrogen and oxygen atoms in total. The first kappa shape index (κ1) is 18.9. The summed E-state index contributed by atoms with van der Waals surface area (Å²) >= 11 is 4.98. The smallest absolute Gasteiger partial charge is 0.134 e. The standard InChI is InChI=1S/C22H18BrN3OS/c23-17-6-7-20(27)16(10-17)12-25-22-19(11-24)18-8-9-26(14-21(18)28-22)13-15-4-2-1-3-5-15/h1-7,10,12,27H,8-9,13-14H2/b25-12-. The third-order valence-corrected chi connectivity index (χ3v) is 6.41. The molecule has 140 valence electrons. The van der Waals surface area contributed by atoms with Gasteiger partial charge in [-0.05, 0) is 35.7 Å². The molecule has 28 heavy (non-hydrogen) atoms. The molecule has 0 bridgehead atoms. The Morgan fingerprint density at radius 3 is 2.86 bits per heavy atom. The van der Waals surface area contributed by atoms with Crippen molar-refractivity contribution >= 4 is 38.5 Å². The van der Waals surface area contributed by atoms with E-state index >= 15 is 0 Å². The summed E-state index contributed by atoms with van der Waals surface area (Å²) in [6, 6.07) is 18.0. The number of aromatic hydroxyl groups is 1. The Balaban J connectivity index is 1.57. The topological polar surface area (TPSA) is 59.6 Å². The molecule has 0 atom stereocenters. The van der Waals surface area contributed by atoms with Crippen LogP contribution in [0.4, 0.5) is 5.00 Å². The molecule has 1 aromatic heterocycles. The SMILES string of the molecule is N#Cc1c(/N=C\c2cc(Br)ccc2O)sc2c1CCN(Cc1ccccc1)C2. The quantitative estimate of drug-likeness (QED) is 0.540. The van der Waals surface area contributed by atoms with Crippen molar-refractivity contribution in [2.75, 3.05) is 6.54 Å². The minimum absolute atomic E-state index is 0.167. The predicted molar refractivity (Wildman–Crippen MR) is 116 cm³/mol. The van der Waals surface area contributed by atoms with E-state index in [-0.39, 0.29) is 5.75 Å². The van der Waals surface area contributed by atoms with Gasteiger partial charge in [-0.15, -0.1) is 11.3 Å². The number of thiophene rings is 1. The van der Waals surface area contributed by atoms with Crippen molar-refractivity contribution in [3.05, 3.63) is 80.1 Å².